The van der Waals surface area contributed by atoms with Crippen molar-refractivity contribution in [1.29, 1.82) is 0 Å². The van der Waals surface area contributed by atoms with Gasteiger partial charge >= 0.3 is 0 Å². The lowest BCUT2D eigenvalue weighted by atomic mass is 10.2. The normalized spacial score (nSPS) is 12.0. The predicted molar refractivity (Wildman–Crippen MR) is 98.8 cm³/mol. The Bertz CT molecular complexity index is 1150. The highest BCUT2D eigenvalue weighted by molar-refractivity contribution is 7.15. The summed E-state index contributed by atoms with van der Waals surface area (Å²) in [7, 11) is 3.16. The van der Waals surface area contributed by atoms with Crippen molar-refractivity contribution in [3.05, 3.63) is 56.2 Å². The summed E-state index contributed by atoms with van der Waals surface area (Å²) in [6, 6.07) is 9.37. The first-order valence-corrected chi connectivity index (χ1v) is 9.06. The van der Waals surface area contributed by atoms with Crippen molar-refractivity contribution >= 4 is 33.7 Å². The summed E-state index contributed by atoms with van der Waals surface area (Å²) >= 11 is 2.86. The topological polar surface area (TPSA) is 65.7 Å². The van der Waals surface area contributed by atoms with Crippen LogP contribution >= 0.6 is 22.7 Å². The van der Waals surface area contributed by atoms with Crippen LogP contribution in [0.15, 0.2) is 40.5 Å². The van der Waals surface area contributed by atoms with Gasteiger partial charge in [-0.25, -0.2) is 0 Å². The van der Waals surface area contributed by atoms with Gasteiger partial charge in [-0.3, -0.25) is 4.79 Å². The summed E-state index contributed by atoms with van der Waals surface area (Å²) in [5, 5.41) is 6.28. The largest absolute Gasteiger partial charge is 0.493 e. The maximum Gasteiger partial charge on any atom is 0.291 e. The minimum atomic E-state index is -0.176. The molecule has 4 rings (SSSR count). The molecule has 1 aromatic carbocycles. The first kappa shape index (κ1) is 15.8. The van der Waals surface area contributed by atoms with Crippen molar-refractivity contribution in [3.63, 3.8) is 0 Å². The molecule has 0 aliphatic heterocycles. The Morgan fingerprint density at radius 2 is 2.00 bits per heavy atom. The second kappa shape index (κ2) is 6.30. The van der Waals surface area contributed by atoms with Crippen LogP contribution in [-0.4, -0.2) is 28.8 Å². The number of hydrogen-bond acceptors (Lipinski definition) is 7. The molecule has 0 aliphatic rings. The molecule has 0 saturated carbocycles. The zero-order valence-electron chi connectivity index (χ0n) is 13.4. The van der Waals surface area contributed by atoms with E-state index in [1.54, 1.807) is 37.7 Å². The van der Waals surface area contributed by atoms with Crippen LogP contribution in [0.5, 0.6) is 11.5 Å². The van der Waals surface area contributed by atoms with Gasteiger partial charge in [0.1, 0.15) is 0 Å². The average molecular weight is 371 g/mol. The van der Waals surface area contributed by atoms with Gasteiger partial charge in [-0.15, -0.1) is 16.4 Å². The van der Waals surface area contributed by atoms with E-state index in [1.807, 2.05) is 29.6 Å². The third kappa shape index (κ3) is 2.79. The lowest BCUT2D eigenvalue weighted by Crippen LogP contribution is -2.23. The van der Waals surface area contributed by atoms with E-state index >= 15 is 0 Å². The van der Waals surface area contributed by atoms with Gasteiger partial charge in [-0.1, -0.05) is 23.5 Å². The molecule has 0 spiro atoms. The van der Waals surface area contributed by atoms with E-state index in [0.29, 0.717) is 26.8 Å². The summed E-state index contributed by atoms with van der Waals surface area (Å²) in [5.74, 6) is 1.84. The maximum absolute atomic E-state index is 12.6. The Hall–Kier alpha value is -2.71. The Morgan fingerprint density at radius 3 is 2.68 bits per heavy atom. The van der Waals surface area contributed by atoms with E-state index in [4.69, 9.17) is 9.47 Å². The van der Waals surface area contributed by atoms with Crippen molar-refractivity contribution in [1.82, 2.24) is 14.6 Å². The Balaban J connectivity index is 1.79. The average Bonchev–Trinajstić information content (AvgIpc) is 3.34. The van der Waals surface area contributed by atoms with Gasteiger partial charge in [0.05, 0.1) is 23.6 Å². The molecule has 4 aromatic rings. The van der Waals surface area contributed by atoms with E-state index in [-0.39, 0.29) is 5.56 Å². The van der Waals surface area contributed by atoms with Crippen LogP contribution < -0.4 is 19.6 Å². The molecular weight excluding hydrogens is 358 g/mol. The molecule has 0 amide bonds. The first-order chi connectivity index (χ1) is 12.2. The fourth-order valence-corrected chi connectivity index (χ4v) is 4.00. The van der Waals surface area contributed by atoms with Gasteiger partial charge in [-0.2, -0.15) is 9.50 Å². The summed E-state index contributed by atoms with van der Waals surface area (Å²) in [6.07, 6.45) is 1.80. The van der Waals surface area contributed by atoms with Crippen LogP contribution in [0.2, 0.25) is 0 Å². The van der Waals surface area contributed by atoms with Crippen LogP contribution in [-0.2, 0) is 0 Å². The van der Waals surface area contributed by atoms with Crippen LogP contribution in [0, 0.1) is 0 Å². The number of aromatic nitrogens is 3. The van der Waals surface area contributed by atoms with Crippen LogP contribution in [0.25, 0.3) is 21.7 Å². The highest BCUT2D eigenvalue weighted by Crippen LogP contribution is 2.27. The van der Waals surface area contributed by atoms with Gasteiger partial charge in [-0.05, 0) is 35.2 Å². The van der Waals surface area contributed by atoms with Crippen molar-refractivity contribution in [2.45, 2.75) is 0 Å². The second-order valence-corrected chi connectivity index (χ2v) is 7.09. The molecule has 8 heteroatoms. The third-order valence-electron chi connectivity index (χ3n) is 3.63. The molecule has 0 fully saturated rings. The number of rotatable bonds is 4. The summed E-state index contributed by atoms with van der Waals surface area (Å²) in [4.78, 5) is 18.6. The fourth-order valence-electron chi connectivity index (χ4n) is 2.44. The third-order valence-corrected chi connectivity index (χ3v) is 5.45. The minimum Gasteiger partial charge on any atom is -0.493 e. The lowest BCUT2D eigenvalue weighted by Gasteiger charge is -2.07. The van der Waals surface area contributed by atoms with Gasteiger partial charge in [0.2, 0.25) is 4.96 Å². The van der Waals surface area contributed by atoms with Gasteiger partial charge in [0, 0.05) is 0 Å². The second-order valence-electron chi connectivity index (χ2n) is 5.14. The van der Waals surface area contributed by atoms with Crippen molar-refractivity contribution in [2.24, 2.45) is 0 Å². The molecule has 3 heterocycles. The summed E-state index contributed by atoms with van der Waals surface area (Å²) in [6.45, 7) is 0. The molecule has 25 heavy (non-hydrogen) atoms. The SMILES string of the molecule is COc1ccc(/C=c2\sc3nc(-c4cccs4)nn3c2=O)cc1OC. The molecule has 0 saturated heterocycles. The standard InChI is InChI=1S/C17H13N3O3S2/c1-22-11-6-5-10(8-12(11)23-2)9-14-16(21)20-17(25-14)18-15(19-20)13-4-3-7-24-13/h3-9H,1-2H3/b14-9-. The number of thiophene rings is 1. The molecule has 0 bridgehead atoms. The summed E-state index contributed by atoms with van der Waals surface area (Å²) in [5.41, 5.74) is 0.669. The molecular formula is C17H13N3O3S2. The van der Waals surface area contributed by atoms with Crippen molar-refractivity contribution in [3.8, 4) is 22.2 Å². The monoisotopic (exact) mass is 371 g/mol. The smallest absolute Gasteiger partial charge is 0.291 e. The zero-order valence-corrected chi connectivity index (χ0v) is 15.1. The highest BCUT2D eigenvalue weighted by atomic mass is 32.1. The Kier molecular flexibility index (Phi) is 3.98. The van der Waals surface area contributed by atoms with Crippen molar-refractivity contribution < 1.29 is 9.47 Å². The molecule has 0 radical (unpaired) electrons. The molecule has 0 N–H and O–H groups in total. The highest BCUT2D eigenvalue weighted by Gasteiger charge is 2.12. The van der Waals surface area contributed by atoms with Gasteiger partial charge in [0.25, 0.3) is 5.56 Å². The van der Waals surface area contributed by atoms with Gasteiger partial charge < -0.3 is 9.47 Å². The van der Waals surface area contributed by atoms with Crippen LogP contribution in [0.3, 0.4) is 0 Å². The molecule has 126 valence electrons. The molecule has 6 nitrogen and oxygen atoms in total. The minimum absolute atomic E-state index is 0.176. The Morgan fingerprint density at radius 1 is 1.16 bits per heavy atom. The number of methoxy groups -OCH3 is 2. The summed E-state index contributed by atoms with van der Waals surface area (Å²) < 4.78 is 12.4. The number of nitrogens with zero attached hydrogens (tertiary/aromatic N) is 3. The molecule has 0 atom stereocenters. The Labute approximate surface area is 150 Å². The number of ether oxygens (including phenoxy) is 2. The van der Waals surface area contributed by atoms with E-state index in [0.717, 1.165) is 10.4 Å². The van der Waals surface area contributed by atoms with E-state index in [9.17, 15) is 4.79 Å². The van der Waals surface area contributed by atoms with Crippen molar-refractivity contribution in [2.75, 3.05) is 14.2 Å². The quantitative estimate of drug-likeness (QED) is 0.551. The maximum atomic E-state index is 12.6. The van der Waals surface area contributed by atoms with E-state index < -0.39 is 0 Å². The first-order valence-electron chi connectivity index (χ1n) is 7.37. The number of benzene rings is 1. The number of fused-ring (bicyclic) bond motifs is 1. The van der Waals surface area contributed by atoms with Crippen LogP contribution in [0.1, 0.15) is 5.56 Å². The number of thiazole rings is 1. The number of hydrogen-bond donors (Lipinski definition) is 0. The predicted octanol–water partition coefficient (Wildman–Crippen LogP) is 2.44. The zero-order chi connectivity index (χ0) is 17.4. The van der Waals surface area contributed by atoms with E-state index in [1.165, 1.54) is 15.9 Å². The van der Waals surface area contributed by atoms with Crippen LogP contribution in [0.4, 0.5) is 0 Å². The molecule has 3 aromatic heterocycles. The molecule has 0 unspecified atom stereocenters. The fraction of sp³-hybridized carbons (Fsp3) is 0.118. The molecule has 0 aliphatic carbocycles. The van der Waals surface area contributed by atoms with E-state index in [2.05, 4.69) is 10.1 Å². The van der Waals surface area contributed by atoms with Gasteiger partial charge in [0.15, 0.2) is 17.3 Å². The lowest BCUT2D eigenvalue weighted by molar-refractivity contribution is 0.355.